The lowest BCUT2D eigenvalue weighted by Gasteiger charge is -2.28. The van der Waals surface area contributed by atoms with Crippen molar-refractivity contribution in [1.29, 1.82) is 0 Å². The van der Waals surface area contributed by atoms with E-state index < -0.39 is 0 Å². The van der Waals surface area contributed by atoms with Gasteiger partial charge < -0.3 is 5.32 Å². The van der Waals surface area contributed by atoms with E-state index in [1.807, 2.05) is 44.2 Å². The fourth-order valence-corrected chi connectivity index (χ4v) is 1.82. The van der Waals surface area contributed by atoms with E-state index >= 15 is 0 Å². The molecule has 1 aromatic rings. The first-order valence-corrected chi connectivity index (χ1v) is 5.70. The molecule has 5 nitrogen and oxygen atoms in total. The summed E-state index contributed by atoms with van der Waals surface area (Å²) < 4.78 is 0. The number of rotatable bonds is 3. The maximum atomic E-state index is 12.0. The summed E-state index contributed by atoms with van der Waals surface area (Å²) in [6.45, 7) is 4.57. The van der Waals surface area contributed by atoms with Crippen molar-refractivity contribution < 1.29 is 4.79 Å². The Bertz CT molecular complexity index is 385. The fourth-order valence-electron chi connectivity index (χ4n) is 1.82. The molecular formula is C12H18N4O. The average Bonchev–Trinajstić information content (AvgIpc) is 2.83. The Hall–Kier alpha value is -1.43. The lowest BCUT2D eigenvalue weighted by Crippen LogP contribution is -2.50. The first kappa shape index (κ1) is 12.0. The zero-order valence-corrected chi connectivity index (χ0v) is 10.1. The largest absolute Gasteiger partial charge is 0.346 e. The van der Waals surface area contributed by atoms with Crippen LogP contribution in [0.5, 0.6) is 0 Å². The van der Waals surface area contributed by atoms with E-state index in [1.54, 1.807) is 0 Å². The lowest BCUT2D eigenvalue weighted by molar-refractivity contribution is -0.124. The molecule has 1 fully saturated rings. The second-order valence-corrected chi connectivity index (χ2v) is 4.68. The van der Waals surface area contributed by atoms with E-state index in [0.717, 1.165) is 5.56 Å². The van der Waals surface area contributed by atoms with Gasteiger partial charge in [-0.05, 0) is 19.4 Å². The van der Waals surface area contributed by atoms with E-state index in [1.165, 1.54) is 0 Å². The number of hydrogen-bond acceptors (Lipinski definition) is 4. The summed E-state index contributed by atoms with van der Waals surface area (Å²) in [6, 6.07) is 9.70. The van der Waals surface area contributed by atoms with Crippen LogP contribution in [0.3, 0.4) is 0 Å². The number of carbonyl (C=O) groups excluding carboxylic acids is 1. The van der Waals surface area contributed by atoms with Gasteiger partial charge in [0.05, 0.1) is 5.54 Å². The molecular weight excluding hydrogens is 216 g/mol. The quantitative estimate of drug-likeness (QED) is 0.595. The highest BCUT2D eigenvalue weighted by molar-refractivity contribution is 5.83. The molecule has 0 spiro atoms. The van der Waals surface area contributed by atoms with Crippen molar-refractivity contribution in [2.75, 3.05) is 6.54 Å². The molecule has 1 heterocycles. The van der Waals surface area contributed by atoms with Gasteiger partial charge in [0, 0.05) is 6.54 Å². The van der Waals surface area contributed by atoms with Gasteiger partial charge in [-0.25, -0.2) is 10.9 Å². The van der Waals surface area contributed by atoms with E-state index in [2.05, 4.69) is 21.7 Å². The van der Waals surface area contributed by atoms with Crippen LogP contribution >= 0.6 is 0 Å². The number of benzene rings is 1. The smallest absolute Gasteiger partial charge is 0.240 e. The van der Waals surface area contributed by atoms with E-state index in [-0.39, 0.29) is 17.5 Å². The van der Waals surface area contributed by atoms with Gasteiger partial charge in [-0.1, -0.05) is 30.3 Å². The molecule has 0 aromatic heterocycles. The Labute approximate surface area is 101 Å². The molecule has 0 saturated carbocycles. The minimum atomic E-state index is -0.372. The minimum Gasteiger partial charge on any atom is -0.346 e. The van der Waals surface area contributed by atoms with Crippen LogP contribution < -0.4 is 21.7 Å². The van der Waals surface area contributed by atoms with Crippen LogP contribution in [0.25, 0.3) is 0 Å². The Kier molecular flexibility index (Phi) is 3.42. The van der Waals surface area contributed by atoms with E-state index in [0.29, 0.717) is 6.54 Å². The van der Waals surface area contributed by atoms with Crippen molar-refractivity contribution in [3.63, 3.8) is 0 Å². The summed E-state index contributed by atoms with van der Waals surface area (Å²) >= 11 is 0. The molecule has 1 atom stereocenters. The molecule has 0 bridgehead atoms. The third-order valence-corrected chi connectivity index (χ3v) is 2.89. The topological polar surface area (TPSA) is 65.2 Å². The lowest BCUT2D eigenvalue weighted by atomic mass is 9.94. The van der Waals surface area contributed by atoms with Gasteiger partial charge in [0.25, 0.3) is 0 Å². The molecule has 5 heteroatoms. The van der Waals surface area contributed by atoms with Crippen molar-refractivity contribution in [1.82, 2.24) is 21.7 Å². The minimum absolute atomic E-state index is 0.0173. The number of nitrogens with one attached hydrogen (secondary N) is 4. The van der Waals surface area contributed by atoms with Gasteiger partial charge in [0.2, 0.25) is 5.91 Å². The first-order valence-electron chi connectivity index (χ1n) is 5.70. The molecule has 4 N–H and O–H groups in total. The predicted molar refractivity (Wildman–Crippen MR) is 65.7 cm³/mol. The zero-order chi connectivity index (χ0) is 12.3. The van der Waals surface area contributed by atoms with Gasteiger partial charge in [0.1, 0.15) is 6.04 Å². The van der Waals surface area contributed by atoms with Crippen LogP contribution in [-0.4, -0.2) is 18.5 Å². The highest BCUT2D eigenvalue weighted by atomic mass is 16.2. The standard InChI is InChI=1S/C12H18N4O/c1-12(2,9-6-4-3-5-7-9)14-11(17)10-8-13-16-15-10/h3-7,10,13,15-16H,8H2,1-2H3,(H,14,17). The van der Waals surface area contributed by atoms with Gasteiger partial charge in [-0.15, -0.1) is 0 Å². The van der Waals surface area contributed by atoms with Crippen molar-refractivity contribution in [3.8, 4) is 0 Å². The number of hydrazine groups is 2. The molecule has 1 amide bonds. The average molecular weight is 234 g/mol. The van der Waals surface area contributed by atoms with Gasteiger partial charge in [0.15, 0.2) is 0 Å². The van der Waals surface area contributed by atoms with Crippen LogP contribution in [0.1, 0.15) is 19.4 Å². The first-order chi connectivity index (χ1) is 8.09. The number of carbonyl (C=O) groups is 1. The van der Waals surface area contributed by atoms with E-state index in [4.69, 9.17) is 0 Å². The van der Waals surface area contributed by atoms with E-state index in [9.17, 15) is 4.79 Å². The summed E-state index contributed by atoms with van der Waals surface area (Å²) in [5.41, 5.74) is 9.15. The monoisotopic (exact) mass is 234 g/mol. The highest BCUT2D eigenvalue weighted by Gasteiger charge is 2.28. The molecule has 1 aromatic carbocycles. The number of amides is 1. The molecule has 0 aliphatic carbocycles. The highest BCUT2D eigenvalue weighted by Crippen LogP contribution is 2.19. The Morgan fingerprint density at radius 2 is 2.06 bits per heavy atom. The second kappa shape index (κ2) is 4.83. The van der Waals surface area contributed by atoms with Crippen LogP contribution in [0.2, 0.25) is 0 Å². The molecule has 1 aliphatic heterocycles. The van der Waals surface area contributed by atoms with Crippen LogP contribution in [0.15, 0.2) is 30.3 Å². The van der Waals surface area contributed by atoms with Crippen molar-refractivity contribution in [2.45, 2.75) is 25.4 Å². The van der Waals surface area contributed by atoms with Crippen LogP contribution in [-0.2, 0) is 10.3 Å². The zero-order valence-electron chi connectivity index (χ0n) is 10.1. The maximum Gasteiger partial charge on any atom is 0.240 e. The summed E-state index contributed by atoms with van der Waals surface area (Å²) in [6.07, 6.45) is 0. The van der Waals surface area contributed by atoms with Gasteiger partial charge in [-0.2, -0.15) is 5.53 Å². The predicted octanol–water partition coefficient (Wildman–Crippen LogP) is 0.0189. The number of hydrogen-bond donors (Lipinski definition) is 4. The van der Waals surface area contributed by atoms with Crippen LogP contribution in [0.4, 0.5) is 0 Å². The van der Waals surface area contributed by atoms with Crippen molar-refractivity contribution >= 4 is 5.91 Å². The molecule has 0 radical (unpaired) electrons. The molecule has 2 rings (SSSR count). The second-order valence-electron chi connectivity index (χ2n) is 4.68. The Balaban J connectivity index is 2.04. The molecule has 1 aliphatic rings. The fraction of sp³-hybridized carbons (Fsp3) is 0.417. The molecule has 17 heavy (non-hydrogen) atoms. The molecule has 92 valence electrons. The summed E-state index contributed by atoms with van der Waals surface area (Å²) in [4.78, 5) is 12.0. The molecule has 1 unspecified atom stereocenters. The Morgan fingerprint density at radius 3 is 2.65 bits per heavy atom. The Morgan fingerprint density at radius 1 is 1.35 bits per heavy atom. The third kappa shape index (κ3) is 2.82. The van der Waals surface area contributed by atoms with Crippen molar-refractivity contribution in [2.24, 2.45) is 0 Å². The van der Waals surface area contributed by atoms with Crippen molar-refractivity contribution in [3.05, 3.63) is 35.9 Å². The van der Waals surface area contributed by atoms with Gasteiger partial charge in [-0.3, -0.25) is 4.79 Å². The SMILES string of the molecule is CC(C)(NC(=O)C1CNNN1)c1ccccc1. The summed E-state index contributed by atoms with van der Waals surface area (Å²) in [5, 5.41) is 3.03. The van der Waals surface area contributed by atoms with Gasteiger partial charge >= 0.3 is 0 Å². The summed E-state index contributed by atoms with van der Waals surface area (Å²) in [7, 11) is 0. The third-order valence-electron chi connectivity index (χ3n) is 2.89. The maximum absolute atomic E-state index is 12.0. The van der Waals surface area contributed by atoms with Crippen LogP contribution in [0, 0.1) is 0 Å². The summed E-state index contributed by atoms with van der Waals surface area (Å²) in [5.74, 6) is -0.0173. The molecule has 1 saturated heterocycles. The normalized spacial score (nSPS) is 20.2.